The van der Waals surface area contributed by atoms with Gasteiger partial charge in [-0.3, -0.25) is 0 Å². The van der Waals surface area contributed by atoms with Crippen molar-refractivity contribution in [2.45, 2.75) is 0 Å². The van der Waals surface area contributed by atoms with Gasteiger partial charge in [-0.25, -0.2) is 4.99 Å². The number of benzene rings is 2. The van der Waals surface area contributed by atoms with E-state index in [1.54, 1.807) is 0 Å². The number of nitrogens with zero attached hydrogens (tertiary/aromatic N) is 3. The highest BCUT2D eigenvalue weighted by Gasteiger charge is 2.02. The summed E-state index contributed by atoms with van der Waals surface area (Å²) in [4.78, 5) is 6.41. The second kappa shape index (κ2) is 5.83. The van der Waals surface area contributed by atoms with Gasteiger partial charge in [0.05, 0.1) is 5.69 Å². The number of hydrogen-bond donors (Lipinski definition) is 0. The molecule has 2 rings (SSSR count). The zero-order chi connectivity index (χ0) is 13.7. The van der Waals surface area contributed by atoms with E-state index in [2.05, 4.69) is 11.1 Å². The molecule has 0 N–H and O–H groups in total. The van der Waals surface area contributed by atoms with Crippen LogP contribution in [0.25, 0.3) is 0 Å². The molecule has 0 amide bonds. The van der Waals surface area contributed by atoms with Crippen LogP contribution >= 0.6 is 0 Å². The van der Waals surface area contributed by atoms with Crippen LogP contribution in [0.5, 0.6) is 0 Å². The molecule has 0 radical (unpaired) electrons. The fraction of sp³-hybridized carbons (Fsp3) is 0.125. The molecule has 0 spiro atoms. The Bertz CT molecular complexity index is 605. The van der Waals surface area contributed by atoms with E-state index in [0.717, 1.165) is 16.9 Å². The molecule has 0 aliphatic heterocycles. The quantitative estimate of drug-likeness (QED) is 0.782. The Morgan fingerprint density at radius 2 is 1.63 bits per heavy atom. The third-order valence-corrected chi connectivity index (χ3v) is 2.76. The van der Waals surface area contributed by atoms with Gasteiger partial charge in [0.2, 0.25) is 0 Å². The normalized spacial score (nSPS) is 10.9. The van der Waals surface area contributed by atoms with Gasteiger partial charge in [0, 0.05) is 25.3 Å². The molecular weight excluding hydrogens is 234 g/mol. The fourth-order valence-electron chi connectivity index (χ4n) is 1.70. The highest BCUT2D eigenvalue weighted by atomic mass is 15.1. The first kappa shape index (κ1) is 12.8. The van der Waals surface area contributed by atoms with Crippen molar-refractivity contribution in [3.05, 3.63) is 60.2 Å². The van der Waals surface area contributed by atoms with E-state index in [4.69, 9.17) is 0 Å². The van der Waals surface area contributed by atoms with Crippen molar-refractivity contribution in [3.8, 4) is 6.07 Å². The highest BCUT2D eigenvalue weighted by molar-refractivity contribution is 6.12. The topological polar surface area (TPSA) is 39.4 Å². The van der Waals surface area contributed by atoms with Crippen molar-refractivity contribution in [1.82, 2.24) is 0 Å². The lowest BCUT2D eigenvalue weighted by molar-refractivity contribution is 1.13. The van der Waals surface area contributed by atoms with Gasteiger partial charge in [-0.15, -0.1) is 0 Å². The zero-order valence-electron chi connectivity index (χ0n) is 11.0. The molecule has 2 aromatic rings. The van der Waals surface area contributed by atoms with Crippen LogP contribution in [0.3, 0.4) is 0 Å². The van der Waals surface area contributed by atoms with E-state index < -0.39 is 0 Å². The summed E-state index contributed by atoms with van der Waals surface area (Å²) in [5.74, 6) is 0. The molecule has 2 aromatic carbocycles. The highest BCUT2D eigenvalue weighted by Crippen LogP contribution is 2.19. The third-order valence-electron chi connectivity index (χ3n) is 2.76. The summed E-state index contributed by atoms with van der Waals surface area (Å²) in [6.45, 7) is 0. The Morgan fingerprint density at radius 3 is 2.16 bits per heavy atom. The lowest BCUT2D eigenvalue weighted by Crippen LogP contribution is -2.07. The summed E-state index contributed by atoms with van der Waals surface area (Å²) in [7, 11) is 3.98. The number of anilines is 1. The first-order valence-electron chi connectivity index (χ1n) is 6.02. The van der Waals surface area contributed by atoms with Crippen molar-refractivity contribution >= 4 is 17.1 Å². The smallest absolute Gasteiger partial charge is 0.148 e. The molecule has 0 fully saturated rings. The van der Waals surface area contributed by atoms with Crippen LogP contribution in [-0.4, -0.2) is 19.8 Å². The van der Waals surface area contributed by atoms with Crippen molar-refractivity contribution in [2.24, 2.45) is 4.99 Å². The summed E-state index contributed by atoms with van der Waals surface area (Å²) >= 11 is 0. The van der Waals surface area contributed by atoms with E-state index in [9.17, 15) is 5.26 Å². The Hall–Kier alpha value is -2.60. The van der Waals surface area contributed by atoms with Crippen LogP contribution in [0.4, 0.5) is 11.4 Å². The molecule has 3 nitrogen and oxygen atoms in total. The molecule has 3 heteroatoms. The first-order valence-corrected chi connectivity index (χ1v) is 6.02. The molecule has 94 valence electrons. The minimum atomic E-state index is 0.429. The predicted octanol–water partition coefficient (Wildman–Crippen LogP) is 3.40. The molecule has 0 saturated heterocycles. The number of rotatable bonds is 3. The maximum absolute atomic E-state index is 9.19. The SMILES string of the molecule is CN(C)c1ccc(N=C(C#N)c2ccccc2)cc1. The van der Waals surface area contributed by atoms with Gasteiger partial charge in [-0.1, -0.05) is 30.3 Å². The first-order chi connectivity index (χ1) is 9.20. The van der Waals surface area contributed by atoms with Crippen LogP contribution in [-0.2, 0) is 0 Å². The van der Waals surface area contributed by atoms with E-state index in [1.807, 2.05) is 73.6 Å². The maximum atomic E-state index is 9.19. The van der Waals surface area contributed by atoms with Crippen LogP contribution in [0.15, 0.2) is 59.6 Å². The average Bonchev–Trinajstić information content (AvgIpc) is 2.46. The Morgan fingerprint density at radius 1 is 1.00 bits per heavy atom. The molecule has 19 heavy (non-hydrogen) atoms. The van der Waals surface area contributed by atoms with Gasteiger partial charge in [0.1, 0.15) is 11.8 Å². The second-order valence-electron chi connectivity index (χ2n) is 4.35. The largest absolute Gasteiger partial charge is 0.378 e. The van der Waals surface area contributed by atoms with E-state index >= 15 is 0 Å². The minimum Gasteiger partial charge on any atom is -0.378 e. The van der Waals surface area contributed by atoms with Crippen molar-refractivity contribution in [3.63, 3.8) is 0 Å². The van der Waals surface area contributed by atoms with E-state index in [1.165, 1.54) is 0 Å². The zero-order valence-corrected chi connectivity index (χ0v) is 11.0. The van der Waals surface area contributed by atoms with Gasteiger partial charge in [0.25, 0.3) is 0 Å². The Balaban J connectivity index is 2.31. The monoisotopic (exact) mass is 249 g/mol. The van der Waals surface area contributed by atoms with Crippen LogP contribution in [0, 0.1) is 11.3 Å². The van der Waals surface area contributed by atoms with E-state index in [-0.39, 0.29) is 0 Å². The maximum Gasteiger partial charge on any atom is 0.148 e. The summed E-state index contributed by atoms with van der Waals surface area (Å²) in [6.07, 6.45) is 0. The standard InChI is InChI=1S/C16H15N3/c1-19(2)15-10-8-14(9-11-15)18-16(12-17)13-6-4-3-5-7-13/h3-11H,1-2H3. The molecular formula is C16H15N3. The van der Waals surface area contributed by atoms with Gasteiger partial charge in [0.15, 0.2) is 0 Å². The molecule has 0 saturated carbocycles. The van der Waals surface area contributed by atoms with Gasteiger partial charge in [-0.05, 0) is 24.3 Å². The molecule has 0 bridgehead atoms. The minimum absolute atomic E-state index is 0.429. The second-order valence-corrected chi connectivity index (χ2v) is 4.35. The Kier molecular flexibility index (Phi) is 3.94. The predicted molar refractivity (Wildman–Crippen MR) is 79.0 cm³/mol. The number of nitriles is 1. The van der Waals surface area contributed by atoms with Crippen molar-refractivity contribution < 1.29 is 0 Å². The molecule has 0 aliphatic carbocycles. The van der Waals surface area contributed by atoms with Crippen molar-refractivity contribution in [2.75, 3.05) is 19.0 Å². The summed E-state index contributed by atoms with van der Waals surface area (Å²) in [5.41, 5.74) is 3.16. The number of aliphatic imine (C=N–C) groups is 1. The van der Waals surface area contributed by atoms with E-state index in [0.29, 0.717) is 5.71 Å². The average molecular weight is 249 g/mol. The fourth-order valence-corrected chi connectivity index (χ4v) is 1.70. The lowest BCUT2D eigenvalue weighted by Gasteiger charge is -2.11. The summed E-state index contributed by atoms with van der Waals surface area (Å²) in [6, 6.07) is 19.4. The van der Waals surface area contributed by atoms with Gasteiger partial charge < -0.3 is 4.90 Å². The molecule has 0 unspecified atom stereocenters. The van der Waals surface area contributed by atoms with Crippen LogP contribution < -0.4 is 4.90 Å². The molecule has 0 atom stereocenters. The van der Waals surface area contributed by atoms with Crippen LogP contribution in [0.1, 0.15) is 5.56 Å². The Labute approximate surface area is 113 Å². The summed E-state index contributed by atoms with van der Waals surface area (Å²) in [5, 5.41) is 9.19. The van der Waals surface area contributed by atoms with Crippen LogP contribution in [0.2, 0.25) is 0 Å². The molecule has 0 aliphatic rings. The molecule has 0 heterocycles. The van der Waals surface area contributed by atoms with Crippen molar-refractivity contribution in [1.29, 1.82) is 5.26 Å². The summed E-state index contributed by atoms with van der Waals surface area (Å²) < 4.78 is 0. The van der Waals surface area contributed by atoms with Gasteiger partial charge >= 0.3 is 0 Å². The van der Waals surface area contributed by atoms with Gasteiger partial charge in [-0.2, -0.15) is 5.26 Å². The lowest BCUT2D eigenvalue weighted by atomic mass is 10.1. The third kappa shape index (κ3) is 3.20. The number of hydrogen-bond acceptors (Lipinski definition) is 3. The molecule has 0 aromatic heterocycles.